The molecule has 0 saturated heterocycles. The molecule has 0 aromatic heterocycles. The summed E-state index contributed by atoms with van der Waals surface area (Å²) in [7, 11) is 0. The quantitative estimate of drug-likeness (QED) is 0.437. The summed E-state index contributed by atoms with van der Waals surface area (Å²) < 4.78 is 0. The highest BCUT2D eigenvalue weighted by Gasteiger charge is 2.18. The lowest BCUT2D eigenvalue weighted by Gasteiger charge is -2.21. The van der Waals surface area contributed by atoms with Crippen LogP contribution in [-0.4, -0.2) is 36.9 Å². The SMILES string of the molecule is CC/C=C/CCCCCCCCC1N=CCN1CCN. The van der Waals surface area contributed by atoms with Crippen molar-refractivity contribution >= 4 is 6.21 Å². The van der Waals surface area contributed by atoms with Gasteiger partial charge in [0, 0.05) is 25.8 Å². The summed E-state index contributed by atoms with van der Waals surface area (Å²) in [6.45, 7) is 4.91. The first-order valence-corrected chi connectivity index (χ1v) is 8.49. The molecule has 0 aromatic rings. The minimum absolute atomic E-state index is 0.415. The molecule has 1 aliphatic rings. The number of nitrogens with zero attached hydrogens (tertiary/aromatic N) is 2. The molecule has 0 fully saturated rings. The van der Waals surface area contributed by atoms with Crippen molar-refractivity contribution in [3.8, 4) is 0 Å². The van der Waals surface area contributed by atoms with Gasteiger partial charge in [-0.2, -0.15) is 0 Å². The molecule has 1 atom stereocenters. The zero-order valence-electron chi connectivity index (χ0n) is 13.3. The summed E-state index contributed by atoms with van der Waals surface area (Å²) in [5.74, 6) is 0. The maximum absolute atomic E-state index is 5.62. The monoisotopic (exact) mass is 279 g/mol. The van der Waals surface area contributed by atoms with Gasteiger partial charge in [0.25, 0.3) is 0 Å². The maximum Gasteiger partial charge on any atom is 0.102 e. The van der Waals surface area contributed by atoms with Crippen LogP contribution < -0.4 is 5.73 Å². The second kappa shape index (κ2) is 12.1. The van der Waals surface area contributed by atoms with Crippen LogP contribution in [0, 0.1) is 0 Å². The lowest BCUT2D eigenvalue weighted by molar-refractivity contribution is 0.241. The largest absolute Gasteiger partial charge is 0.329 e. The Morgan fingerprint density at radius 1 is 1.15 bits per heavy atom. The van der Waals surface area contributed by atoms with Gasteiger partial charge in [-0.25, -0.2) is 0 Å². The fourth-order valence-electron chi connectivity index (χ4n) is 2.73. The summed E-state index contributed by atoms with van der Waals surface area (Å²) in [5, 5.41) is 0. The molecule has 1 aliphatic heterocycles. The highest BCUT2D eigenvalue weighted by molar-refractivity contribution is 5.62. The Balaban J connectivity index is 1.89. The number of rotatable bonds is 12. The molecule has 0 amide bonds. The van der Waals surface area contributed by atoms with Gasteiger partial charge in [-0.3, -0.25) is 9.89 Å². The molecule has 2 N–H and O–H groups in total. The molecule has 0 aliphatic carbocycles. The van der Waals surface area contributed by atoms with E-state index in [4.69, 9.17) is 5.73 Å². The van der Waals surface area contributed by atoms with E-state index in [1.165, 1.54) is 57.8 Å². The normalized spacial score (nSPS) is 19.4. The van der Waals surface area contributed by atoms with Crippen molar-refractivity contribution < 1.29 is 0 Å². The van der Waals surface area contributed by atoms with E-state index in [2.05, 4.69) is 29.0 Å². The third-order valence-corrected chi connectivity index (χ3v) is 3.92. The molecule has 0 saturated carbocycles. The van der Waals surface area contributed by atoms with Crippen LogP contribution in [0.1, 0.15) is 64.7 Å². The Morgan fingerprint density at radius 2 is 1.90 bits per heavy atom. The zero-order chi connectivity index (χ0) is 14.5. The maximum atomic E-state index is 5.62. The standard InChI is InChI=1S/C17H33N3/c1-2-3-4-5-6-7-8-9-10-11-12-17-19-14-16-20(17)15-13-18/h3-4,14,17H,2,5-13,15-16,18H2,1H3/b4-3+. The number of allylic oxidation sites excluding steroid dienone is 2. The van der Waals surface area contributed by atoms with E-state index in [0.29, 0.717) is 6.17 Å². The molecule has 116 valence electrons. The van der Waals surface area contributed by atoms with Crippen LogP contribution in [0.4, 0.5) is 0 Å². The lowest BCUT2D eigenvalue weighted by atomic mass is 10.1. The van der Waals surface area contributed by atoms with E-state index in [-0.39, 0.29) is 0 Å². The fraction of sp³-hybridized carbons (Fsp3) is 0.824. The van der Waals surface area contributed by atoms with E-state index >= 15 is 0 Å². The summed E-state index contributed by atoms with van der Waals surface area (Å²) in [4.78, 5) is 6.94. The van der Waals surface area contributed by atoms with Gasteiger partial charge in [-0.1, -0.05) is 44.8 Å². The summed E-state index contributed by atoms with van der Waals surface area (Å²) in [6, 6.07) is 0. The first-order chi connectivity index (χ1) is 9.88. The van der Waals surface area contributed by atoms with E-state index in [9.17, 15) is 0 Å². The fourth-order valence-corrected chi connectivity index (χ4v) is 2.73. The Kier molecular flexibility index (Phi) is 10.5. The number of nitrogens with two attached hydrogens (primary N) is 1. The van der Waals surface area contributed by atoms with E-state index in [1.807, 2.05) is 6.21 Å². The van der Waals surface area contributed by atoms with Crippen LogP contribution in [0.5, 0.6) is 0 Å². The Hall–Kier alpha value is -0.670. The van der Waals surface area contributed by atoms with Crippen LogP contribution >= 0.6 is 0 Å². The number of hydrogen-bond acceptors (Lipinski definition) is 3. The third kappa shape index (κ3) is 7.81. The van der Waals surface area contributed by atoms with Gasteiger partial charge in [-0.05, 0) is 32.1 Å². The average Bonchev–Trinajstić information content (AvgIpc) is 2.89. The summed E-state index contributed by atoms with van der Waals surface area (Å²) in [5.41, 5.74) is 5.62. The number of aliphatic imine (C=N–C) groups is 1. The number of unbranched alkanes of at least 4 members (excludes halogenated alkanes) is 6. The predicted molar refractivity (Wildman–Crippen MR) is 89.3 cm³/mol. The van der Waals surface area contributed by atoms with Crippen LogP contribution in [0.25, 0.3) is 0 Å². The smallest absolute Gasteiger partial charge is 0.102 e. The molecule has 0 bridgehead atoms. The van der Waals surface area contributed by atoms with Gasteiger partial charge in [0.2, 0.25) is 0 Å². The first-order valence-electron chi connectivity index (χ1n) is 8.49. The minimum Gasteiger partial charge on any atom is -0.329 e. The molecular weight excluding hydrogens is 246 g/mol. The van der Waals surface area contributed by atoms with E-state index < -0.39 is 0 Å². The Labute approximate surface area is 125 Å². The third-order valence-electron chi connectivity index (χ3n) is 3.92. The van der Waals surface area contributed by atoms with Gasteiger partial charge in [-0.15, -0.1) is 0 Å². The van der Waals surface area contributed by atoms with Crippen molar-refractivity contribution in [2.75, 3.05) is 19.6 Å². The minimum atomic E-state index is 0.415. The molecule has 0 radical (unpaired) electrons. The van der Waals surface area contributed by atoms with Crippen LogP contribution in [-0.2, 0) is 0 Å². The van der Waals surface area contributed by atoms with Crippen LogP contribution in [0.3, 0.4) is 0 Å². The van der Waals surface area contributed by atoms with Gasteiger partial charge in [0.05, 0.1) is 0 Å². The van der Waals surface area contributed by atoms with Crippen molar-refractivity contribution in [3.63, 3.8) is 0 Å². The van der Waals surface area contributed by atoms with Crippen molar-refractivity contribution in [2.24, 2.45) is 10.7 Å². The molecule has 0 aromatic carbocycles. The first kappa shape index (κ1) is 17.4. The summed E-state index contributed by atoms with van der Waals surface area (Å²) >= 11 is 0. The molecular formula is C17H33N3. The second-order valence-electron chi connectivity index (χ2n) is 5.67. The van der Waals surface area contributed by atoms with Crippen LogP contribution in [0.15, 0.2) is 17.1 Å². The topological polar surface area (TPSA) is 41.6 Å². The van der Waals surface area contributed by atoms with E-state index in [1.54, 1.807) is 0 Å². The van der Waals surface area contributed by atoms with Crippen molar-refractivity contribution in [1.82, 2.24) is 4.90 Å². The molecule has 0 spiro atoms. The molecule has 3 heteroatoms. The number of hydrogen-bond donors (Lipinski definition) is 1. The van der Waals surface area contributed by atoms with Gasteiger partial charge < -0.3 is 5.73 Å². The zero-order valence-corrected chi connectivity index (χ0v) is 13.3. The Morgan fingerprint density at radius 3 is 2.65 bits per heavy atom. The highest BCUT2D eigenvalue weighted by atomic mass is 15.3. The van der Waals surface area contributed by atoms with Crippen molar-refractivity contribution in [2.45, 2.75) is 70.9 Å². The van der Waals surface area contributed by atoms with Gasteiger partial charge >= 0.3 is 0 Å². The summed E-state index contributed by atoms with van der Waals surface area (Å²) in [6.07, 6.45) is 18.9. The van der Waals surface area contributed by atoms with Crippen LogP contribution in [0.2, 0.25) is 0 Å². The Bertz CT molecular complexity index is 273. The molecule has 1 unspecified atom stereocenters. The molecule has 1 rings (SSSR count). The van der Waals surface area contributed by atoms with Gasteiger partial charge in [0.1, 0.15) is 6.17 Å². The van der Waals surface area contributed by atoms with Crippen molar-refractivity contribution in [3.05, 3.63) is 12.2 Å². The van der Waals surface area contributed by atoms with E-state index in [0.717, 1.165) is 19.6 Å². The average molecular weight is 279 g/mol. The molecule has 20 heavy (non-hydrogen) atoms. The van der Waals surface area contributed by atoms with Gasteiger partial charge in [0.15, 0.2) is 0 Å². The highest BCUT2D eigenvalue weighted by Crippen LogP contribution is 2.15. The predicted octanol–water partition coefficient (Wildman–Crippen LogP) is 3.74. The van der Waals surface area contributed by atoms with Crippen molar-refractivity contribution in [1.29, 1.82) is 0 Å². The molecule has 3 nitrogen and oxygen atoms in total. The molecule has 1 heterocycles. The second-order valence-corrected chi connectivity index (χ2v) is 5.67. The lowest BCUT2D eigenvalue weighted by Crippen LogP contribution is -2.34.